The highest BCUT2D eigenvalue weighted by Gasteiger charge is 2.19. The maximum atomic E-state index is 5.71. The molecule has 2 fully saturated rings. The Balaban J connectivity index is 1.69. The van der Waals surface area contributed by atoms with E-state index in [9.17, 15) is 0 Å². The Labute approximate surface area is 135 Å². The lowest BCUT2D eigenvalue weighted by Crippen LogP contribution is -2.44. The molecule has 116 valence electrons. The number of benzene rings is 1. The molecule has 4 nitrogen and oxygen atoms in total. The summed E-state index contributed by atoms with van der Waals surface area (Å²) >= 11 is 3.59. The molecule has 2 saturated heterocycles. The van der Waals surface area contributed by atoms with Crippen molar-refractivity contribution in [1.82, 2.24) is 4.90 Å². The summed E-state index contributed by atoms with van der Waals surface area (Å²) in [6.07, 6.45) is 2.73. The van der Waals surface area contributed by atoms with Gasteiger partial charge in [0.15, 0.2) is 0 Å². The van der Waals surface area contributed by atoms with Gasteiger partial charge in [-0.1, -0.05) is 15.9 Å². The molecule has 0 amide bonds. The number of hydrogen-bond donors (Lipinski definition) is 1. The van der Waals surface area contributed by atoms with Crippen LogP contribution in [0.1, 0.15) is 12.8 Å². The molecule has 0 aliphatic carbocycles. The van der Waals surface area contributed by atoms with E-state index in [4.69, 9.17) is 4.74 Å². The molecule has 2 aliphatic heterocycles. The van der Waals surface area contributed by atoms with Gasteiger partial charge in [0.2, 0.25) is 0 Å². The summed E-state index contributed by atoms with van der Waals surface area (Å²) in [5.41, 5.74) is 2.52. The third-order valence-corrected chi connectivity index (χ3v) is 4.84. The number of likely N-dealkylation sites (N-methyl/N-ethyl adjacent to an activating group) is 1. The quantitative estimate of drug-likeness (QED) is 0.900. The van der Waals surface area contributed by atoms with Crippen LogP contribution in [-0.2, 0) is 4.74 Å². The summed E-state index contributed by atoms with van der Waals surface area (Å²) in [5, 5.41) is 3.59. The normalized spacial score (nSPS) is 23.5. The number of nitrogens with one attached hydrogen (secondary N) is 1. The van der Waals surface area contributed by atoms with Gasteiger partial charge < -0.3 is 19.9 Å². The Kier molecular flexibility index (Phi) is 5.03. The van der Waals surface area contributed by atoms with E-state index in [1.54, 1.807) is 0 Å². The van der Waals surface area contributed by atoms with Gasteiger partial charge in [-0.05, 0) is 38.1 Å². The maximum absolute atomic E-state index is 5.71. The Bertz CT molecular complexity index is 469. The number of anilines is 2. The molecule has 1 N–H and O–H groups in total. The third-order valence-electron chi connectivity index (χ3n) is 4.35. The summed E-state index contributed by atoms with van der Waals surface area (Å²) in [6, 6.07) is 6.53. The number of hydrogen-bond acceptors (Lipinski definition) is 4. The van der Waals surface area contributed by atoms with Crippen molar-refractivity contribution < 1.29 is 4.74 Å². The predicted molar refractivity (Wildman–Crippen MR) is 91.3 cm³/mol. The smallest absolute Gasteiger partial charge is 0.0748 e. The summed E-state index contributed by atoms with van der Waals surface area (Å²) in [4.78, 5) is 4.86. The minimum absolute atomic E-state index is 0.365. The number of piperazine rings is 1. The van der Waals surface area contributed by atoms with E-state index in [2.05, 4.69) is 56.3 Å². The van der Waals surface area contributed by atoms with Crippen molar-refractivity contribution in [3.05, 3.63) is 22.7 Å². The van der Waals surface area contributed by atoms with Gasteiger partial charge >= 0.3 is 0 Å². The first-order valence-corrected chi connectivity index (χ1v) is 8.60. The van der Waals surface area contributed by atoms with E-state index in [1.165, 1.54) is 24.2 Å². The first-order chi connectivity index (χ1) is 10.2. The van der Waals surface area contributed by atoms with Crippen LogP contribution in [0, 0.1) is 0 Å². The molecule has 1 atom stereocenters. The summed E-state index contributed by atoms with van der Waals surface area (Å²) < 4.78 is 6.83. The van der Waals surface area contributed by atoms with Crippen LogP contribution in [0.2, 0.25) is 0 Å². The zero-order chi connectivity index (χ0) is 14.7. The average molecular weight is 354 g/mol. The SMILES string of the molecule is CN1CCN(c2ccc(Br)cc2NCC2CCCO2)CC1. The zero-order valence-electron chi connectivity index (χ0n) is 12.6. The Morgan fingerprint density at radius 3 is 2.81 bits per heavy atom. The molecule has 1 unspecified atom stereocenters. The fraction of sp³-hybridized carbons (Fsp3) is 0.625. The molecular formula is C16H24BrN3O. The van der Waals surface area contributed by atoms with E-state index in [1.807, 2.05) is 0 Å². The average Bonchev–Trinajstić information content (AvgIpc) is 3.00. The number of ether oxygens (including phenoxy) is 1. The second kappa shape index (κ2) is 6.99. The highest BCUT2D eigenvalue weighted by Crippen LogP contribution is 2.30. The lowest BCUT2D eigenvalue weighted by Gasteiger charge is -2.35. The molecule has 21 heavy (non-hydrogen) atoms. The topological polar surface area (TPSA) is 27.7 Å². The first kappa shape index (κ1) is 15.1. The largest absolute Gasteiger partial charge is 0.381 e. The minimum atomic E-state index is 0.365. The number of rotatable bonds is 4. The zero-order valence-corrected chi connectivity index (χ0v) is 14.2. The van der Waals surface area contributed by atoms with Gasteiger partial charge in [0, 0.05) is 43.8 Å². The van der Waals surface area contributed by atoms with Crippen LogP contribution < -0.4 is 10.2 Å². The summed E-state index contributed by atoms with van der Waals surface area (Å²) in [6.45, 7) is 6.25. The molecule has 0 spiro atoms. The highest BCUT2D eigenvalue weighted by molar-refractivity contribution is 9.10. The van der Waals surface area contributed by atoms with Crippen LogP contribution in [0.3, 0.4) is 0 Å². The monoisotopic (exact) mass is 353 g/mol. The molecule has 0 saturated carbocycles. The van der Waals surface area contributed by atoms with E-state index >= 15 is 0 Å². The van der Waals surface area contributed by atoms with Crippen molar-refractivity contribution in [2.45, 2.75) is 18.9 Å². The van der Waals surface area contributed by atoms with Crippen molar-refractivity contribution in [2.24, 2.45) is 0 Å². The molecule has 0 aromatic heterocycles. The van der Waals surface area contributed by atoms with Gasteiger partial charge in [0.05, 0.1) is 17.5 Å². The van der Waals surface area contributed by atoms with Crippen molar-refractivity contribution >= 4 is 27.3 Å². The highest BCUT2D eigenvalue weighted by atomic mass is 79.9. The van der Waals surface area contributed by atoms with Crippen molar-refractivity contribution in [3.8, 4) is 0 Å². The third kappa shape index (κ3) is 3.90. The van der Waals surface area contributed by atoms with Gasteiger partial charge in [0.25, 0.3) is 0 Å². The number of nitrogens with zero attached hydrogens (tertiary/aromatic N) is 2. The van der Waals surface area contributed by atoms with Gasteiger partial charge in [-0.3, -0.25) is 0 Å². The Hall–Kier alpha value is -0.780. The number of halogens is 1. The van der Waals surface area contributed by atoms with Crippen LogP contribution in [-0.4, -0.2) is 57.4 Å². The van der Waals surface area contributed by atoms with Crippen LogP contribution >= 0.6 is 15.9 Å². The molecular weight excluding hydrogens is 330 g/mol. The molecule has 0 radical (unpaired) electrons. The van der Waals surface area contributed by atoms with Crippen LogP contribution in [0.15, 0.2) is 22.7 Å². The lowest BCUT2D eigenvalue weighted by molar-refractivity contribution is 0.120. The fourth-order valence-corrected chi connectivity index (χ4v) is 3.36. The fourth-order valence-electron chi connectivity index (χ4n) is 3.00. The van der Waals surface area contributed by atoms with Crippen LogP contribution in [0.4, 0.5) is 11.4 Å². The minimum Gasteiger partial charge on any atom is -0.381 e. The first-order valence-electron chi connectivity index (χ1n) is 7.81. The van der Waals surface area contributed by atoms with E-state index in [-0.39, 0.29) is 0 Å². The molecule has 2 heterocycles. The van der Waals surface area contributed by atoms with E-state index in [0.717, 1.165) is 43.8 Å². The molecule has 0 bridgehead atoms. The van der Waals surface area contributed by atoms with Crippen molar-refractivity contribution in [2.75, 3.05) is 56.6 Å². The van der Waals surface area contributed by atoms with E-state index in [0.29, 0.717) is 6.10 Å². The Morgan fingerprint density at radius 1 is 1.29 bits per heavy atom. The molecule has 3 rings (SSSR count). The van der Waals surface area contributed by atoms with Crippen molar-refractivity contribution in [1.29, 1.82) is 0 Å². The van der Waals surface area contributed by atoms with Gasteiger partial charge in [-0.15, -0.1) is 0 Å². The van der Waals surface area contributed by atoms with Gasteiger partial charge in [-0.25, -0.2) is 0 Å². The standard InChI is InChI=1S/C16H24BrN3O/c1-19-6-8-20(9-7-19)16-5-4-13(17)11-15(16)18-12-14-3-2-10-21-14/h4-5,11,14,18H,2-3,6-10,12H2,1H3. The van der Waals surface area contributed by atoms with Crippen LogP contribution in [0.25, 0.3) is 0 Å². The van der Waals surface area contributed by atoms with Gasteiger partial charge in [-0.2, -0.15) is 0 Å². The molecule has 5 heteroatoms. The summed E-state index contributed by atoms with van der Waals surface area (Å²) in [7, 11) is 2.19. The second-order valence-electron chi connectivity index (χ2n) is 5.97. The molecule has 1 aromatic rings. The van der Waals surface area contributed by atoms with Crippen molar-refractivity contribution in [3.63, 3.8) is 0 Å². The Morgan fingerprint density at radius 2 is 2.10 bits per heavy atom. The van der Waals surface area contributed by atoms with Crippen LogP contribution in [0.5, 0.6) is 0 Å². The van der Waals surface area contributed by atoms with E-state index < -0.39 is 0 Å². The molecule has 2 aliphatic rings. The molecule has 1 aromatic carbocycles. The second-order valence-corrected chi connectivity index (χ2v) is 6.88. The van der Waals surface area contributed by atoms with Gasteiger partial charge in [0.1, 0.15) is 0 Å². The maximum Gasteiger partial charge on any atom is 0.0748 e. The lowest BCUT2D eigenvalue weighted by atomic mass is 10.2. The predicted octanol–water partition coefficient (Wildman–Crippen LogP) is 2.79. The summed E-state index contributed by atoms with van der Waals surface area (Å²) in [5.74, 6) is 0.